The number of rotatable bonds is 7. The van der Waals surface area contributed by atoms with E-state index in [0.717, 1.165) is 46.8 Å². The first-order valence-corrected chi connectivity index (χ1v) is 11.2. The molecule has 33 heavy (non-hydrogen) atoms. The number of ether oxygens (including phenoxy) is 2. The van der Waals surface area contributed by atoms with E-state index >= 15 is 0 Å². The number of fused-ring (bicyclic) bond motifs is 2. The van der Waals surface area contributed by atoms with Gasteiger partial charge in [0, 0.05) is 28.6 Å². The van der Waals surface area contributed by atoms with E-state index in [1.807, 2.05) is 24.3 Å². The molecule has 4 aromatic rings. The molecule has 172 valence electrons. The third kappa shape index (κ3) is 4.47. The summed E-state index contributed by atoms with van der Waals surface area (Å²) in [7, 11) is 3.23. The molecule has 0 aliphatic rings. The highest BCUT2D eigenvalue weighted by Crippen LogP contribution is 2.27. The molecule has 0 aliphatic carbocycles. The van der Waals surface area contributed by atoms with Crippen molar-refractivity contribution in [1.82, 2.24) is 14.6 Å². The number of aromatic nitrogens is 2. The van der Waals surface area contributed by atoms with Crippen molar-refractivity contribution in [3.63, 3.8) is 0 Å². The Labute approximate surface area is 197 Å². The number of benzene rings is 2. The highest BCUT2D eigenvalue weighted by atomic mass is 35.5. The van der Waals surface area contributed by atoms with Crippen LogP contribution < -0.4 is 14.8 Å². The zero-order valence-electron chi connectivity index (χ0n) is 19.2. The molecule has 2 aromatic heterocycles. The van der Waals surface area contributed by atoms with Crippen molar-refractivity contribution in [2.45, 2.75) is 20.4 Å². The van der Waals surface area contributed by atoms with E-state index in [1.54, 1.807) is 38.5 Å². The Morgan fingerprint density at radius 1 is 1.00 bits per heavy atom. The summed E-state index contributed by atoms with van der Waals surface area (Å²) in [6, 6.07) is 14.6. The molecule has 1 N–H and O–H groups in total. The highest BCUT2D eigenvalue weighted by Gasteiger charge is 2.13. The molecular weight excluding hydrogens is 440 g/mol. The fourth-order valence-corrected chi connectivity index (χ4v) is 4.09. The Kier molecular flexibility index (Phi) is 6.72. The molecule has 0 spiro atoms. The Morgan fingerprint density at radius 3 is 2.48 bits per heavy atom. The molecular formula is C25H27ClN4O3. The smallest absolute Gasteiger partial charge is 0.213 e. The van der Waals surface area contributed by atoms with E-state index < -0.39 is 0 Å². The largest absolute Gasteiger partial charge is 0.496 e. The van der Waals surface area contributed by atoms with Gasteiger partial charge in [-0.05, 0) is 55.6 Å². The van der Waals surface area contributed by atoms with E-state index in [4.69, 9.17) is 26.1 Å². The van der Waals surface area contributed by atoms with Crippen molar-refractivity contribution in [2.24, 2.45) is 4.99 Å². The van der Waals surface area contributed by atoms with Crippen LogP contribution in [0.25, 0.3) is 21.9 Å². The molecule has 0 aliphatic heterocycles. The Hall–Kier alpha value is -3.29. The summed E-state index contributed by atoms with van der Waals surface area (Å²) in [4.78, 5) is 11.9. The van der Waals surface area contributed by atoms with Crippen LogP contribution in [0.2, 0.25) is 5.02 Å². The van der Waals surface area contributed by atoms with Gasteiger partial charge in [0.2, 0.25) is 5.88 Å². The second kappa shape index (κ2) is 9.68. The SMILES string of the molecule is CCN(CC)Cc1cc(N=c2c3ccc(Cl)cc3n(O)c3ccc(OC)nc23)ccc1OC. The van der Waals surface area contributed by atoms with Gasteiger partial charge in [-0.3, -0.25) is 4.90 Å². The topological polar surface area (TPSA) is 72.1 Å². The van der Waals surface area contributed by atoms with Gasteiger partial charge in [0.15, 0.2) is 0 Å². The lowest BCUT2D eigenvalue weighted by Crippen LogP contribution is -2.22. The van der Waals surface area contributed by atoms with Gasteiger partial charge in [-0.15, -0.1) is 0 Å². The monoisotopic (exact) mass is 466 g/mol. The number of hydrogen-bond acceptors (Lipinski definition) is 6. The minimum absolute atomic E-state index is 0.434. The van der Waals surface area contributed by atoms with Gasteiger partial charge in [-0.2, -0.15) is 4.73 Å². The third-order valence-corrected chi connectivity index (χ3v) is 5.98. The lowest BCUT2D eigenvalue weighted by atomic mass is 10.1. The average Bonchev–Trinajstić information content (AvgIpc) is 2.84. The molecule has 2 aromatic carbocycles. The summed E-state index contributed by atoms with van der Waals surface area (Å²) < 4.78 is 12.0. The summed E-state index contributed by atoms with van der Waals surface area (Å²) in [6.07, 6.45) is 0. The summed E-state index contributed by atoms with van der Waals surface area (Å²) >= 11 is 6.22. The number of pyridine rings is 2. The van der Waals surface area contributed by atoms with Crippen LogP contribution in [0.3, 0.4) is 0 Å². The maximum Gasteiger partial charge on any atom is 0.213 e. The molecule has 0 unspecified atom stereocenters. The minimum atomic E-state index is 0.434. The molecule has 0 atom stereocenters. The van der Waals surface area contributed by atoms with Gasteiger partial charge in [-0.1, -0.05) is 25.4 Å². The molecule has 0 saturated heterocycles. The molecule has 0 radical (unpaired) electrons. The molecule has 2 heterocycles. The van der Waals surface area contributed by atoms with Crippen LogP contribution in [0.4, 0.5) is 5.69 Å². The van der Waals surface area contributed by atoms with E-state index in [9.17, 15) is 5.21 Å². The Morgan fingerprint density at radius 2 is 1.79 bits per heavy atom. The first kappa shape index (κ1) is 22.9. The average molecular weight is 467 g/mol. The lowest BCUT2D eigenvalue weighted by Gasteiger charge is -2.20. The van der Waals surface area contributed by atoms with Crippen molar-refractivity contribution in [3.05, 3.63) is 64.5 Å². The van der Waals surface area contributed by atoms with Crippen LogP contribution in [0.15, 0.2) is 53.5 Å². The van der Waals surface area contributed by atoms with Crippen molar-refractivity contribution in [2.75, 3.05) is 27.3 Å². The number of nitrogens with zero attached hydrogens (tertiary/aromatic N) is 4. The summed E-state index contributed by atoms with van der Waals surface area (Å²) in [6.45, 7) is 6.92. The van der Waals surface area contributed by atoms with Crippen molar-refractivity contribution < 1.29 is 14.7 Å². The number of methoxy groups -OCH3 is 2. The fraction of sp³-hybridized carbons (Fsp3) is 0.280. The van der Waals surface area contributed by atoms with Crippen LogP contribution >= 0.6 is 11.6 Å². The van der Waals surface area contributed by atoms with Crippen molar-refractivity contribution in [1.29, 1.82) is 0 Å². The summed E-state index contributed by atoms with van der Waals surface area (Å²) in [5.74, 6) is 1.26. The number of halogens is 1. The van der Waals surface area contributed by atoms with Gasteiger partial charge in [0.1, 0.15) is 22.1 Å². The van der Waals surface area contributed by atoms with Gasteiger partial charge in [0.05, 0.1) is 25.4 Å². The zero-order valence-corrected chi connectivity index (χ0v) is 19.9. The normalized spacial score (nSPS) is 12.1. The summed E-state index contributed by atoms with van der Waals surface area (Å²) in [5, 5.41) is 12.7. The second-order valence-electron chi connectivity index (χ2n) is 7.61. The van der Waals surface area contributed by atoms with Gasteiger partial charge in [0.25, 0.3) is 0 Å². The number of hydrogen-bond donors (Lipinski definition) is 1. The highest BCUT2D eigenvalue weighted by molar-refractivity contribution is 6.31. The molecule has 8 heteroatoms. The molecule has 0 bridgehead atoms. The van der Waals surface area contributed by atoms with E-state index in [0.29, 0.717) is 32.8 Å². The van der Waals surface area contributed by atoms with E-state index in [2.05, 4.69) is 23.7 Å². The Balaban J connectivity index is 2.02. The van der Waals surface area contributed by atoms with Crippen LogP contribution in [0.5, 0.6) is 11.6 Å². The predicted octanol–water partition coefficient (Wildman–Crippen LogP) is 5.17. The quantitative estimate of drug-likeness (QED) is 0.300. The van der Waals surface area contributed by atoms with E-state index in [-0.39, 0.29) is 0 Å². The lowest BCUT2D eigenvalue weighted by molar-refractivity contribution is 0.211. The zero-order chi connectivity index (χ0) is 23.5. The van der Waals surface area contributed by atoms with Gasteiger partial charge >= 0.3 is 0 Å². The maximum atomic E-state index is 10.9. The first-order chi connectivity index (χ1) is 16.0. The van der Waals surface area contributed by atoms with Crippen molar-refractivity contribution in [3.8, 4) is 11.6 Å². The maximum absolute atomic E-state index is 10.9. The molecule has 7 nitrogen and oxygen atoms in total. The molecule has 0 amide bonds. The van der Waals surface area contributed by atoms with Crippen molar-refractivity contribution >= 4 is 39.2 Å². The van der Waals surface area contributed by atoms with Crippen LogP contribution in [0, 0.1) is 0 Å². The minimum Gasteiger partial charge on any atom is -0.496 e. The third-order valence-electron chi connectivity index (χ3n) is 5.75. The molecule has 0 fully saturated rings. The Bertz CT molecular complexity index is 1380. The van der Waals surface area contributed by atoms with Crippen LogP contribution in [-0.2, 0) is 6.54 Å². The van der Waals surface area contributed by atoms with E-state index in [1.165, 1.54) is 0 Å². The predicted molar refractivity (Wildman–Crippen MR) is 131 cm³/mol. The second-order valence-corrected chi connectivity index (χ2v) is 8.05. The fourth-order valence-electron chi connectivity index (χ4n) is 3.92. The van der Waals surface area contributed by atoms with Gasteiger partial charge < -0.3 is 14.7 Å². The summed E-state index contributed by atoms with van der Waals surface area (Å²) in [5.41, 5.74) is 3.38. The van der Waals surface area contributed by atoms with Gasteiger partial charge in [-0.25, -0.2) is 9.98 Å². The first-order valence-electron chi connectivity index (χ1n) is 10.8. The molecule has 0 saturated carbocycles. The van der Waals surface area contributed by atoms with Crippen LogP contribution in [-0.4, -0.2) is 47.1 Å². The standard InChI is InChI=1S/C25H27ClN4O3/c1-5-29(6-2)15-16-13-18(8-11-22(16)32-3)27-24-19-9-7-17(26)14-21(19)30(31)20-10-12-23(33-4)28-25(20)24/h7-14,31H,5-6,15H2,1-4H3. The van der Waals surface area contributed by atoms with Crippen LogP contribution in [0.1, 0.15) is 19.4 Å². The molecule has 4 rings (SSSR count).